The van der Waals surface area contributed by atoms with Crippen LogP contribution in [0.3, 0.4) is 0 Å². The fourth-order valence-corrected chi connectivity index (χ4v) is 3.90. The lowest BCUT2D eigenvalue weighted by atomic mass is 10.1. The molecule has 0 spiro atoms. The lowest BCUT2D eigenvalue weighted by Crippen LogP contribution is -2.45. The Hall–Kier alpha value is -4.84. The van der Waals surface area contributed by atoms with E-state index in [0.717, 1.165) is 11.4 Å². The lowest BCUT2D eigenvalue weighted by Gasteiger charge is -2.18. The number of rotatable bonds is 9. The number of anilines is 1. The van der Waals surface area contributed by atoms with Gasteiger partial charge in [-0.2, -0.15) is 9.78 Å². The van der Waals surface area contributed by atoms with E-state index in [2.05, 4.69) is 31.3 Å². The van der Waals surface area contributed by atoms with Gasteiger partial charge < -0.3 is 15.7 Å². The average Bonchev–Trinajstić information content (AvgIpc) is 3.52. The smallest absolute Gasteiger partial charge is 0.335 e. The predicted molar refractivity (Wildman–Crippen MR) is 139 cm³/mol. The first-order chi connectivity index (χ1) is 18.2. The predicted octanol–water partition coefficient (Wildman–Crippen LogP) is 2.44. The normalized spacial score (nSPS) is 11.9. The van der Waals surface area contributed by atoms with Crippen LogP contribution >= 0.6 is 11.6 Å². The third kappa shape index (κ3) is 6.48. The molecular weight excluding hydrogens is 512 g/mol. The zero-order chi connectivity index (χ0) is 27.2. The van der Waals surface area contributed by atoms with E-state index in [0.29, 0.717) is 22.0 Å². The number of carboxylic acids is 1. The van der Waals surface area contributed by atoms with Crippen LogP contribution in [0.1, 0.15) is 27.3 Å². The molecule has 0 unspecified atom stereocenters. The molecule has 194 valence electrons. The van der Waals surface area contributed by atoms with Gasteiger partial charge in [-0.3, -0.25) is 14.3 Å². The maximum Gasteiger partial charge on any atom is 0.335 e. The van der Waals surface area contributed by atoms with E-state index in [1.165, 1.54) is 41.4 Å². The molecule has 2 aromatic carbocycles. The highest BCUT2D eigenvalue weighted by Gasteiger charge is 2.23. The van der Waals surface area contributed by atoms with Crippen LogP contribution in [-0.4, -0.2) is 58.9 Å². The largest absolute Gasteiger partial charge is 0.478 e. The van der Waals surface area contributed by atoms with Gasteiger partial charge in [0.1, 0.15) is 12.4 Å². The number of halogens is 1. The van der Waals surface area contributed by atoms with E-state index in [1.54, 1.807) is 36.0 Å². The van der Waals surface area contributed by atoms with Gasteiger partial charge in [0.25, 0.3) is 0 Å². The van der Waals surface area contributed by atoms with Crippen LogP contribution in [0.2, 0.25) is 5.02 Å². The van der Waals surface area contributed by atoms with Crippen LogP contribution in [0.25, 0.3) is 11.8 Å². The molecule has 38 heavy (non-hydrogen) atoms. The van der Waals surface area contributed by atoms with Crippen molar-refractivity contribution in [2.45, 2.75) is 19.4 Å². The highest BCUT2D eigenvalue weighted by atomic mass is 35.5. The fraction of sp³-hybridized carbons (Fsp3) is 0.160. The Kier molecular flexibility index (Phi) is 7.92. The molecule has 13 heteroatoms. The van der Waals surface area contributed by atoms with Crippen molar-refractivity contribution in [3.05, 3.63) is 88.5 Å². The Morgan fingerprint density at radius 3 is 2.53 bits per heavy atom. The van der Waals surface area contributed by atoms with Crippen molar-refractivity contribution in [2.75, 3.05) is 5.32 Å². The fourth-order valence-electron chi connectivity index (χ4n) is 3.72. The Balaban J connectivity index is 1.54. The lowest BCUT2D eigenvalue weighted by molar-refractivity contribution is -0.123. The second-order valence-corrected chi connectivity index (χ2v) is 8.77. The summed E-state index contributed by atoms with van der Waals surface area (Å²) >= 11 is 6.14. The highest BCUT2D eigenvalue weighted by Crippen LogP contribution is 2.20. The van der Waals surface area contributed by atoms with Gasteiger partial charge in [-0.15, -0.1) is 5.10 Å². The molecule has 0 aliphatic rings. The van der Waals surface area contributed by atoms with E-state index in [9.17, 15) is 14.4 Å². The quantitative estimate of drug-likeness (QED) is 0.276. The summed E-state index contributed by atoms with van der Waals surface area (Å²) in [6.45, 7) is 1.83. The van der Waals surface area contributed by atoms with Gasteiger partial charge in [-0.05, 0) is 72.0 Å². The van der Waals surface area contributed by atoms with Crippen molar-refractivity contribution in [3.8, 4) is 5.69 Å². The zero-order valence-corrected chi connectivity index (χ0v) is 21.1. The van der Waals surface area contributed by atoms with Crippen LogP contribution in [-0.2, 0) is 23.1 Å². The molecule has 0 radical (unpaired) electrons. The Morgan fingerprint density at radius 2 is 1.89 bits per heavy atom. The molecular formula is C25H23ClN8O4. The zero-order valence-electron chi connectivity index (χ0n) is 20.4. The average molecular weight is 535 g/mol. The number of nitrogens with one attached hydrogen (secondary N) is 2. The molecule has 0 fully saturated rings. The third-order valence-electron chi connectivity index (χ3n) is 5.54. The molecule has 0 saturated heterocycles. The van der Waals surface area contributed by atoms with Crippen molar-refractivity contribution in [1.29, 1.82) is 0 Å². The number of carbonyl (C=O) groups is 3. The minimum absolute atomic E-state index is 0.0883. The topological polar surface area (TPSA) is 157 Å². The summed E-state index contributed by atoms with van der Waals surface area (Å²) in [5, 5.41) is 30.4. The van der Waals surface area contributed by atoms with Crippen LogP contribution in [0.5, 0.6) is 0 Å². The van der Waals surface area contributed by atoms with E-state index < -0.39 is 23.8 Å². The van der Waals surface area contributed by atoms with Gasteiger partial charge in [0, 0.05) is 41.5 Å². The highest BCUT2D eigenvalue weighted by molar-refractivity contribution is 6.30. The first kappa shape index (κ1) is 26.2. The van der Waals surface area contributed by atoms with Crippen molar-refractivity contribution >= 4 is 41.1 Å². The van der Waals surface area contributed by atoms with Gasteiger partial charge >= 0.3 is 5.97 Å². The van der Waals surface area contributed by atoms with Crippen LogP contribution in [0.15, 0.2) is 60.9 Å². The number of aromatic nitrogens is 6. The van der Waals surface area contributed by atoms with E-state index in [-0.39, 0.29) is 12.0 Å². The van der Waals surface area contributed by atoms with Crippen molar-refractivity contribution in [2.24, 2.45) is 7.05 Å². The number of aromatic carboxylic acids is 1. The van der Waals surface area contributed by atoms with Crippen LogP contribution in [0, 0.1) is 6.92 Å². The van der Waals surface area contributed by atoms with Gasteiger partial charge in [0.2, 0.25) is 11.8 Å². The van der Waals surface area contributed by atoms with E-state index >= 15 is 0 Å². The molecule has 2 amide bonds. The van der Waals surface area contributed by atoms with Gasteiger partial charge in [-0.25, -0.2) is 4.79 Å². The van der Waals surface area contributed by atoms with Gasteiger partial charge in [-0.1, -0.05) is 11.6 Å². The Bertz CT molecular complexity index is 1500. The minimum atomic E-state index is -1.07. The number of hydrogen-bond donors (Lipinski definition) is 3. The van der Waals surface area contributed by atoms with Gasteiger partial charge in [0.05, 0.1) is 16.9 Å². The first-order valence-electron chi connectivity index (χ1n) is 11.3. The summed E-state index contributed by atoms with van der Waals surface area (Å²) in [6, 6.07) is 11.6. The summed E-state index contributed by atoms with van der Waals surface area (Å²) in [6.07, 6.45) is 4.42. The Labute approximate surface area is 221 Å². The van der Waals surface area contributed by atoms with E-state index in [1.807, 2.05) is 13.0 Å². The molecule has 2 heterocycles. The molecule has 0 aliphatic heterocycles. The molecule has 0 bridgehead atoms. The number of hydrogen-bond acceptors (Lipinski definition) is 7. The summed E-state index contributed by atoms with van der Waals surface area (Å²) in [5.74, 6) is -2.08. The molecule has 1 atom stereocenters. The Morgan fingerprint density at radius 1 is 1.13 bits per heavy atom. The minimum Gasteiger partial charge on any atom is -0.478 e. The standard InChI is InChI=1S/C25H23ClN8O4/c1-15-11-20(33(2)30-15)13-21(24(36)28-19-7-3-16(4-8-19)25(37)38)29-23(35)10-5-17-12-18(26)6-9-22(17)34-14-27-31-32-34/h3-12,14,21H,13H2,1-2H3,(H,28,36)(H,29,35)(H,37,38)/b10-5+/t21-/m0/s1. The molecule has 0 aliphatic carbocycles. The maximum absolute atomic E-state index is 13.2. The molecule has 2 aromatic heterocycles. The number of amides is 2. The third-order valence-corrected chi connectivity index (χ3v) is 5.78. The molecule has 12 nitrogen and oxygen atoms in total. The van der Waals surface area contributed by atoms with Crippen molar-refractivity contribution < 1.29 is 19.5 Å². The number of nitrogens with zero attached hydrogens (tertiary/aromatic N) is 6. The first-order valence-corrected chi connectivity index (χ1v) is 11.7. The summed E-state index contributed by atoms with van der Waals surface area (Å²) in [4.78, 5) is 37.2. The van der Waals surface area contributed by atoms with Crippen molar-refractivity contribution in [1.82, 2.24) is 35.3 Å². The monoisotopic (exact) mass is 534 g/mol. The summed E-state index contributed by atoms with van der Waals surface area (Å²) < 4.78 is 3.08. The summed E-state index contributed by atoms with van der Waals surface area (Å²) in [7, 11) is 1.75. The number of benzene rings is 2. The van der Waals surface area contributed by atoms with Crippen LogP contribution in [0.4, 0.5) is 5.69 Å². The molecule has 0 saturated carbocycles. The number of carboxylic acid groups (broad SMARTS) is 1. The number of carbonyl (C=O) groups excluding carboxylic acids is 2. The van der Waals surface area contributed by atoms with Crippen LogP contribution < -0.4 is 10.6 Å². The summed E-state index contributed by atoms with van der Waals surface area (Å²) in [5.41, 5.74) is 3.18. The maximum atomic E-state index is 13.2. The molecule has 4 rings (SSSR count). The van der Waals surface area contributed by atoms with Crippen molar-refractivity contribution in [3.63, 3.8) is 0 Å². The van der Waals surface area contributed by atoms with Gasteiger partial charge in [0.15, 0.2) is 0 Å². The number of aryl methyl sites for hydroxylation is 2. The van der Waals surface area contributed by atoms with E-state index in [4.69, 9.17) is 16.7 Å². The second-order valence-electron chi connectivity index (χ2n) is 8.33. The molecule has 4 aromatic rings. The number of tetrazole rings is 1. The second kappa shape index (κ2) is 11.5. The SMILES string of the molecule is Cc1cc(C[C@H](NC(=O)/C=C/c2cc(Cl)ccc2-n2cnnn2)C(=O)Nc2ccc(C(=O)O)cc2)n(C)n1. The molecule has 3 N–H and O–H groups in total.